The van der Waals surface area contributed by atoms with E-state index < -0.39 is 0 Å². The molecule has 0 heterocycles. The highest BCUT2D eigenvalue weighted by molar-refractivity contribution is 4.88. The van der Waals surface area contributed by atoms with Gasteiger partial charge in [0.15, 0.2) is 0 Å². The van der Waals surface area contributed by atoms with Crippen LogP contribution in [0.5, 0.6) is 0 Å². The van der Waals surface area contributed by atoms with Crippen LogP contribution >= 0.6 is 0 Å². The molecule has 1 saturated carbocycles. The lowest BCUT2D eigenvalue weighted by Crippen LogP contribution is -2.29. The highest BCUT2D eigenvalue weighted by Crippen LogP contribution is 2.39. The van der Waals surface area contributed by atoms with Crippen LogP contribution < -0.4 is 5.73 Å². The predicted molar refractivity (Wildman–Crippen MR) is 58.5 cm³/mol. The molecule has 1 nitrogen and oxygen atoms in total. The fourth-order valence-corrected chi connectivity index (χ4v) is 2.76. The van der Waals surface area contributed by atoms with E-state index in [-0.39, 0.29) is 0 Å². The second-order valence-electron chi connectivity index (χ2n) is 5.01. The van der Waals surface area contributed by atoms with Crippen LogP contribution in [0.4, 0.5) is 0 Å². The molecule has 1 rings (SSSR count). The van der Waals surface area contributed by atoms with E-state index in [0.717, 1.165) is 23.7 Å². The van der Waals surface area contributed by atoms with Crippen molar-refractivity contribution < 1.29 is 0 Å². The molecule has 0 saturated heterocycles. The Morgan fingerprint density at radius 2 is 1.92 bits per heavy atom. The van der Waals surface area contributed by atoms with E-state index in [1.54, 1.807) is 0 Å². The number of hydrogen-bond acceptors (Lipinski definition) is 1. The van der Waals surface area contributed by atoms with Crippen molar-refractivity contribution in [1.82, 2.24) is 0 Å². The lowest BCUT2D eigenvalue weighted by molar-refractivity contribution is 0.211. The molecule has 13 heavy (non-hydrogen) atoms. The van der Waals surface area contributed by atoms with Gasteiger partial charge in [0.05, 0.1) is 0 Å². The first-order chi connectivity index (χ1) is 6.07. The lowest BCUT2D eigenvalue weighted by Gasteiger charge is -2.29. The van der Waals surface area contributed by atoms with Gasteiger partial charge in [0.25, 0.3) is 0 Å². The third-order valence-corrected chi connectivity index (χ3v) is 4.40. The van der Waals surface area contributed by atoms with E-state index >= 15 is 0 Å². The quantitative estimate of drug-likeness (QED) is 0.715. The van der Waals surface area contributed by atoms with Gasteiger partial charge in [-0.25, -0.2) is 0 Å². The van der Waals surface area contributed by atoms with E-state index in [2.05, 4.69) is 27.7 Å². The van der Waals surface area contributed by atoms with Crippen LogP contribution in [0.25, 0.3) is 0 Å². The van der Waals surface area contributed by atoms with Crippen LogP contribution in [0.2, 0.25) is 0 Å². The molecule has 78 valence electrons. The minimum absolute atomic E-state index is 0.469. The molecule has 1 fully saturated rings. The summed E-state index contributed by atoms with van der Waals surface area (Å²) in [4.78, 5) is 0. The second kappa shape index (κ2) is 4.45. The van der Waals surface area contributed by atoms with Crippen LogP contribution in [0.1, 0.15) is 47.0 Å². The highest BCUT2D eigenvalue weighted by Gasteiger charge is 2.35. The molecule has 0 aromatic carbocycles. The zero-order valence-corrected chi connectivity index (χ0v) is 9.59. The maximum atomic E-state index is 6.05. The maximum absolute atomic E-state index is 6.05. The van der Waals surface area contributed by atoms with Gasteiger partial charge in [-0.15, -0.1) is 0 Å². The average Bonchev–Trinajstić information content (AvgIpc) is 2.45. The van der Waals surface area contributed by atoms with Gasteiger partial charge < -0.3 is 5.73 Å². The van der Waals surface area contributed by atoms with Crippen molar-refractivity contribution in [3.05, 3.63) is 0 Å². The molecule has 2 N–H and O–H groups in total. The summed E-state index contributed by atoms with van der Waals surface area (Å²) >= 11 is 0. The molecule has 1 aliphatic rings. The van der Waals surface area contributed by atoms with Gasteiger partial charge in [0.2, 0.25) is 0 Å². The van der Waals surface area contributed by atoms with Gasteiger partial charge >= 0.3 is 0 Å². The molecule has 1 heteroatoms. The largest absolute Gasteiger partial charge is 0.327 e. The highest BCUT2D eigenvalue weighted by atomic mass is 14.7. The van der Waals surface area contributed by atoms with Crippen LogP contribution in [0.15, 0.2) is 0 Å². The second-order valence-corrected chi connectivity index (χ2v) is 5.01. The van der Waals surface area contributed by atoms with Gasteiger partial charge in [-0.2, -0.15) is 0 Å². The number of rotatable bonds is 3. The average molecular weight is 183 g/mol. The van der Waals surface area contributed by atoms with Gasteiger partial charge in [-0.3, -0.25) is 0 Å². The molecule has 0 spiro atoms. The molecule has 0 aliphatic heterocycles. The molecule has 5 unspecified atom stereocenters. The van der Waals surface area contributed by atoms with E-state index in [9.17, 15) is 0 Å². The summed E-state index contributed by atoms with van der Waals surface area (Å²) in [5, 5.41) is 0. The zero-order valence-electron chi connectivity index (χ0n) is 9.59. The topological polar surface area (TPSA) is 26.0 Å². The predicted octanol–water partition coefficient (Wildman–Crippen LogP) is 3.04. The smallest absolute Gasteiger partial charge is 0.00673 e. The Labute approximate surface area is 83.1 Å². The standard InChI is InChI=1S/C12H25N/c1-5-8(2)9(3)11-6-7-12(13)10(11)4/h8-12H,5-7,13H2,1-4H3. The molecule has 5 atom stereocenters. The molecular weight excluding hydrogens is 158 g/mol. The summed E-state index contributed by atoms with van der Waals surface area (Å²) in [5.74, 6) is 3.33. The van der Waals surface area contributed by atoms with E-state index in [1.807, 2.05) is 0 Å². The fourth-order valence-electron chi connectivity index (χ4n) is 2.76. The molecule has 0 aromatic heterocycles. The van der Waals surface area contributed by atoms with Crippen molar-refractivity contribution in [1.29, 1.82) is 0 Å². The van der Waals surface area contributed by atoms with Crippen LogP contribution in [0.3, 0.4) is 0 Å². The minimum atomic E-state index is 0.469. The Bertz CT molecular complexity index is 155. The van der Waals surface area contributed by atoms with Crippen LogP contribution in [-0.4, -0.2) is 6.04 Å². The Kier molecular flexibility index (Phi) is 3.78. The third-order valence-electron chi connectivity index (χ3n) is 4.40. The molecule has 0 radical (unpaired) electrons. The van der Waals surface area contributed by atoms with E-state index in [4.69, 9.17) is 5.73 Å². The van der Waals surface area contributed by atoms with Gasteiger partial charge in [0.1, 0.15) is 0 Å². The molecule has 0 aromatic rings. The third kappa shape index (κ3) is 2.25. The first-order valence-electron chi connectivity index (χ1n) is 5.83. The van der Waals surface area contributed by atoms with E-state index in [1.165, 1.54) is 19.3 Å². The normalized spacial score (nSPS) is 39.0. The van der Waals surface area contributed by atoms with Crippen molar-refractivity contribution in [2.45, 2.75) is 53.0 Å². The van der Waals surface area contributed by atoms with Crippen LogP contribution in [-0.2, 0) is 0 Å². The summed E-state index contributed by atoms with van der Waals surface area (Å²) in [6, 6.07) is 0.469. The molecular formula is C12H25N. The minimum Gasteiger partial charge on any atom is -0.327 e. The van der Waals surface area contributed by atoms with Crippen molar-refractivity contribution in [2.75, 3.05) is 0 Å². The summed E-state index contributed by atoms with van der Waals surface area (Å²) in [6.07, 6.45) is 3.90. The number of hydrogen-bond donors (Lipinski definition) is 1. The van der Waals surface area contributed by atoms with E-state index in [0.29, 0.717) is 6.04 Å². The first-order valence-corrected chi connectivity index (χ1v) is 5.83. The Balaban J connectivity index is 2.52. The summed E-state index contributed by atoms with van der Waals surface area (Å²) in [6.45, 7) is 9.41. The maximum Gasteiger partial charge on any atom is 0.00673 e. The summed E-state index contributed by atoms with van der Waals surface area (Å²) < 4.78 is 0. The van der Waals surface area contributed by atoms with Gasteiger partial charge in [-0.05, 0) is 36.5 Å². The first kappa shape index (κ1) is 11.0. The van der Waals surface area contributed by atoms with Gasteiger partial charge in [-0.1, -0.05) is 34.1 Å². The van der Waals surface area contributed by atoms with Crippen molar-refractivity contribution >= 4 is 0 Å². The monoisotopic (exact) mass is 183 g/mol. The SMILES string of the molecule is CCC(C)C(C)C1CCC(N)C1C. The molecule has 1 aliphatic carbocycles. The number of nitrogens with two attached hydrogens (primary N) is 1. The Hall–Kier alpha value is -0.0400. The Morgan fingerprint density at radius 3 is 2.31 bits per heavy atom. The Morgan fingerprint density at radius 1 is 1.31 bits per heavy atom. The lowest BCUT2D eigenvalue weighted by atomic mass is 9.77. The van der Waals surface area contributed by atoms with Gasteiger partial charge in [0, 0.05) is 6.04 Å². The molecule has 0 amide bonds. The van der Waals surface area contributed by atoms with Crippen molar-refractivity contribution in [3.8, 4) is 0 Å². The zero-order chi connectivity index (χ0) is 10.0. The summed E-state index contributed by atoms with van der Waals surface area (Å²) in [7, 11) is 0. The van der Waals surface area contributed by atoms with Crippen LogP contribution in [0, 0.1) is 23.7 Å². The molecule has 0 bridgehead atoms. The van der Waals surface area contributed by atoms with Crippen molar-refractivity contribution in [3.63, 3.8) is 0 Å². The van der Waals surface area contributed by atoms with Crippen molar-refractivity contribution in [2.24, 2.45) is 29.4 Å². The fraction of sp³-hybridized carbons (Fsp3) is 1.00. The summed E-state index contributed by atoms with van der Waals surface area (Å²) in [5.41, 5.74) is 6.05.